The number of aromatic nitrogens is 1. The van der Waals surface area contributed by atoms with Crippen LogP contribution in [0.3, 0.4) is 0 Å². The topological polar surface area (TPSA) is 62.3 Å². The molecule has 2 aromatic rings. The minimum atomic E-state index is -0.0157. The molecule has 1 aromatic carbocycles. The number of nitrogens with zero attached hydrogens (tertiary/aromatic N) is 2. The molecule has 1 fully saturated rings. The fourth-order valence-electron chi connectivity index (χ4n) is 3.34. The maximum Gasteiger partial charge on any atom is 0.254 e. The van der Waals surface area contributed by atoms with Crippen molar-refractivity contribution in [2.75, 3.05) is 19.6 Å². The van der Waals surface area contributed by atoms with E-state index in [0.29, 0.717) is 12.5 Å². The summed E-state index contributed by atoms with van der Waals surface area (Å²) in [4.78, 5) is 30.5. The fourth-order valence-corrected chi connectivity index (χ4v) is 4.32. The molecule has 0 saturated carbocycles. The Morgan fingerprint density at radius 1 is 1.35 bits per heavy atom. The minimum absolute atomic E-state index is 0.0157. The van der Waals surface area contributed by atoms with Gasteiger partial charge in [-0.1, -0.05) is 18.2 Å². The van der Waals surface area contributed by atoms with Gasteiger partial charge >= 0.3 is 0 Å². The number of thiazole rings is 1. The van der Waals surface area contributed by atoms with Gasteiger partial charge in [-0.2, -0.15) is 0 Å². The lowest BCUT2D eigenvalue weighted by Gasteiger charge is -2.32. The molecule has 138 valence electrons. The molecule has 1 aliphatic heterocycles. The van der Waals surface area contributed by atoms with Crippen LogP contribution in [0.5, 0.6) is 0 Å². The van der Waals surface area contributed by atoms with Gasteiger partial charge in [0.15, 0.2) is 0 Å². The van der Waals surface area contributed by atoms with E-state index in [1.54, 1.807) is 11.3 Å². The van der Waals surface area contributed by atoms with Crippen LogP contribution in [0.15, 0.2) is 29.6 Å². The van der Waals surface area contributed by atoms with Crippen LogP contribution in [0.2, 0.25) is 0 Å². The fraction of sp³-hybridized carbons (Fsp3) is 0.450. The molecule has 3 rings (SSSR count). The summed E-state index contributed by atoms with van der Waals surface area (Å²) in [6.07, 6.45) is 2.81. The number of benzene rings is 1. The van der Waals surface area contributed by atoms with E-state index < -0.39 is 0 Å². The smallest absolute Gasteiger partial charge is 0.254 e. The predicted octanol–water partition coefficient (Wildman–Crippen LogP) is 3.15. The Morgan fingerprint density at radius 2 is 2.15 bits per heavy atom. The summed E-state index contributed by atoms with van der Waals surface area (Å²) in [7, 11) is 0. The molecule has 0 spiro atoms. The first-order valence-electron chi connectivity index (χ1n) is 9.08. The van der Waals surface area contributed by atoms with Crippen molar-refractivity contribution in [3.8, 4) is 0 Å². The normalized spacial score (nSPS) is 17.2. The van der Waals surface area contributed by atoms with Crippen molar-refractivity contribution in [2.45, 2.75) is 39.0 Å². The Balaban J connectivity index is 1.63. The molecule has 0 radical (unpaired) electrons. The van der Waals surface area contributed by atoms with Gasteiger partial charge in [0.1, 0.15) is 0 Å². The molecule has 2 amide bonds. The Morgan fingerprint density at radius 3 is 2.92 bits per heavy atom. The zero-order valence-corrected chi connectivity index (χ0v) is 16.1. The van der Waals surface area contributed by atoms with Gasteiger partial charge in [0.25, 0.3) is 5.91 Å². The van der Waals surface area contributed by atoms with E-state index in [0.717, 1.165) is 54.2 Å². The van der Waals surface area contributed by atoms with E-state index in [9.17, 15) is 9.59 Å². The minimum Gasteiger partial charge on any atom is -0.356 e. The first-order valence-corrected chi connectivity index (χ1v) is 9.96. The number of hydrogen-bond donors (Lipinski definition) is 1. The van der Waals surface area contributed by atoms with Crippen molar-refractivity contribution in [1.29, 1.82) is 0 Å². The average Bonchev–Trinajstić information content (AvgIpc) is 3.10. The third-order valence-electron chi connectivity index (χ3n) is 4.76. The molecule has 1 atom stereocenters. The van der Waals surface area contributed by atoms with Gasteiger partial charge in [-0.15, -0.1) is 11.3 Å². The van der Waals surface area contributed by atoms with Gasteiger partial charge in [0, 0.05) is 49.8 Å². The lowest BCUT2D eigenvalue weighted by Crippen LogP contribution is -2.39. The second-order valence-corrected chi connectivity index (χ2v) is 7.70. The molecule has 2 heterocycles. The molecular weight excluding hydrogens is 346 g/mol. The Kier molecular flexibility index (Phi) is 6.04. The monoisotopic (exact) mass is 371 g/mol. The first kappa shape index (κ1) is 18.6. The van der Waals surface area contributed by atoms with Crippen LogP contribution in [0.25, 0.3) is 0 Å². The van der Waals surface area contributed by atoms with E-state index in [2.05, 4.69) is 10.7 Å². The Bertz CT molecular complexity index is 787. The van der Waals surface area contributed by atoms with Crippen molar-refractivity contribution >= 4 is 23.2 Å². The highest BCUT2D eigenvalue weighted by Crippen LogP contribution is 2.30. The quantitative estimate of drug-likeness (QED) is 0.878. The average molecular weight is 372 g/mol. The maximum atomic E-state index is 12.9. The number of carbonyl (C=O) groups is 2. The van der Waals surface area contributed by atoms with Gasteiger partial charge in [-0.05, 0) is 31.4 Å². The van der Waals surface area contributed by atoms with Crippen LogP contribution in [0.4, 0.5) is 0 Å². The first-order chi connectivity index (χ1) is 12.5. The SMILES string of the molecule is CC(=O)NCCc1csc([C@H]2CCCN(C(=O)c3ccccc3C)C2)n1. The van der Waals surface area contributed by atoms with Crippen molar-refractivity contribution in [3.05, 3.63) is 51.5 Å². The number of carbonyl (C=O) groups excluding carboxylic acids is 2. The van der Waals surface area contributed by atoms with Gasteiger partial charge in [0.05, 0.1) is 10.7 Å². The maximum absolute atomic E-state index is 12.9. The molecule has 1 N–H and O–H groups in total. The molecule has 26 heavy (non-hydrogen) atoms. The van der Waals surface area contributed by atoms with Gasteiger partial charge in [-0.25, -0.2) is 4.98 Å². The summed E-state index contributed by atoms with van der Waals surface area (Å²) in [6, 6.07) is 7.77. The van der Waals surface area contributed by atoms with Crippen LogP contribution < -0.4 is 5.32 Å². The van der Waals surface area contributed by atoms with E-state index in [-0.39, 0.29) is 11.8 Å². The van der Waals surface area contributed by atoms with Crippen LogP contribution in [0, 0.1) is 6.92 Å². The summed E-state index contributed by atoms with van der Waals surface area (Å²) < 4.78 is 0. The third kappa shape index (κ3) is 4.49. The number of piperidine rings is 1. The van der Waals surface area contributed by atoms with E-state index in [4.69, 9.17) is 4.98 Å². The summed E-state index contributed by atoms with van der Waals surface area (Å²) in [5, 5.41) is 5.97. The molecular formula is C20H25N3O2S. The molecule has 6 heteroatoms. The van der Waals surface area contributed by atoms with E-state index >= 15 is 0 Å². The standard InChI is InChI=1S/C20H25N3O2S/c1-14-6-3-4-8-18(14)20(25)23-11-5-7-16(12-23)19-22-17(13-26-19)9-10-21-15(2)24/h3-4,6,8,13,16H,5,7,9-12H2,1-2H3,(H,21,24)/t16-/m0/s1. The summed E-state index contributed by atoms with van der Waals surface area (Å²) in [6.45, 7) is 5.66. The van der Waals surface area contributed by atoms with Crippen LogP contribution >= 0.6 is 11.3 Å². The highest BCUT2D eigenvalue weighted by atomic mass is 32.1. The number of amides is 2. The van der Waals surface area contributed by atoms with Crippen molar-refractivity contribution < 1.29 is 9.59 Å². The van der Waals surface area contributed by atoms with Crippen molar-refractivity contribution in [1.82, 2.24) is 15.2 Å². The van der Waals surface area contributed by atoms with Gasteiger partial charge in [0.2, 0.25) is 5.91 Å². The van der Waals surface area contributed by atoms with Crippen LogP contribution in [-0.2, 0) is 11.2 Å². The molecule has 0 bridgehead atoms. The zero-order valence-electron chi connectivity index (χ0n) is 15.3. The van der Waals surface area contributed by atoms with Crippen LogP contribution in [-0.4, -0.2) is 41.3 Å². The Hall–Kier alpha value is -2.21. The molecule has 0 aliphatic carbocycles. The molecule has 1 aliphatic rings. The number of likely N-dealkylation sites (tertiary alicyclic amines) is 1. The summed E-state index contributed by atoms with van der Waals surface area (Å²) in [5.41, 5.74) is 2.83. The second-order valence-electron chi connectivity index (χ2n) is 6.82. The number of aryl methyl sites for hydroxylation is 1. The molecule has 1 aromatic heterocycles. The Labute approximate surface area is 158 Å². The summed E-state index contributed by atoms with van der Waals surface area (Å²) >= 11 is 1.67. The number of rotatable bonds is 5. The largest absolute Gasteiger partial charge is 0.356 e. The third-order valence-corrected chi connectivity index (χ3v) is 5.81. The number of hydrogen-bond acceptors (Lipinski definition) is 4. The van der Waals surface area contributed by atoms with Crippen molar-refractivity contribution in [3.63, 3.8) is 0 Å². The molecule has 5 nitrogen and oxygen atoms in total. The van der Waals surface area contributed by atoms with Gasteiger partial charge in [-0.3, -0.25) is 9.59 Å². The summed E-state index contributed by atoms with van der Waals surface area (Å²) in [5.74, 6) is 0.407. The second kappa shape index (κ2) is 8.45. The lowest BCUT2D eigenvalue weighted by atomic mass is 9.97. The van der Waals surface area contributed by atoms with Crippen molar-refractivity contribution in [2.24, 2.45) is 0 Å². The predicted molar refractivity (Wildman–Crippen MR) is 104 cm³/mol. The van der Waals surface area contributed by atoms with E-state index in [1.165, 1.54) is 6.92 Å². The number of nitrogens with one attached hydrogen (secondary N) is 1. The highest BCUT2D eigenvalue weighted by molar-refractivity contribution is 7.09. The molecule has 0 unspecified atom stereocenters. The lowest BCUT2D eigenvalue weighted by molar-refractivity contribution is -0.118. The van der Waals surface area contributed by atoms with Crippen LogP contribution in [0.1, 0.15) is 52.3 Å². The van der Waals surface area contributed by atoms with Gasteiger partial charge < -0.3 is 10.2 Å². The van der Waals surface area contributed by atoms with E-state index in [1.807, 2.05) is 36.1 Å². The molecule has 1 saturated heterocycles. The zero-order chi connectivity index (χ0) is 18.5. The highest BCUT2D eigenvalue weighted by Gasteiger charge is 2.27.